The molecule has 19 heavy (non-hydrogen) atoms. The van der Waals surface area contributed by atoms with E-state index >= 15 is 0 Å². The van der Waals surface area contributed by atoms with Gasteiger partial charge >= 0.3 is 0 Å². The van der Waals surface area contributed by atoms with Gasteiger partial charge in [0.2, 0.25) is 0 Å². The van der Waals surface area contributed by atoms with Crippen LogP contribution in [-0.2, 0) is 0 Å². The van der Waals surface area contributed by atoms with E-state index in [1.54, 1.807) is 7.11 Å². The highest BCUT2D eigenvalue weighted by Crippen LogP contribution is 2.31. The summed E-state index contributed by atoms with van der Waals surface area (Å²) in [7, 11) is 1.72. The van der Waals surface area contributed by atoms with Gasteiger partial charge in [-0.2, -0.15) is 5.10 Å². The number of hydrogen-bond donors (Lipinski definition) is 1. The molecular formula is C15H29N3O. The minimum Gasteiger partial charge on any atom is -0.493 e. The topological polar surface area (TPSA) is 39.1 Å². The van der Waals surface area contributed by atoms with E-state index in [0.717, 1.165) is 18.7 Å². The molecule has 0 aliphatic heterocycles. The van der Waals surface area contributed by atoms with Crippen LogP contribution < -0.4 is 10.1 Å². The fourth-order valence-electron chi connectivity index (χ4n) is 2.36. The highest BCUT2D eigenvalue weighted by molar-refractivity contribution is 5.29. The Morgan fingerprint density at radius 3 is 2.47 bits per heavy atom. The van der Waals surface area contributed by atoms with E-state index < -0.39 is 0 Å². The lowest BCUT2D eigenvalue weighted by Gasteiger charge is -2.24. The molecule has 4 nitrogen and oxygen atoms in total. The molecule has 0 spiro atoms. The van der Waals surface area contributed by atoms with Crippen LogP contribution in [0.3, 0.4) is 0 Å². The summed E-state index contributed by atoms with van der Waals surface area (Å²) in [5.74, 6) is 1.58. The zero-order valence-corrected chi connectivity index (χ0v) is 13.2. The van der Waals surface area contributed by atoms with Gasteiger partial charge in [-0.1, -0.05) is 27.2 Å². The first-order chi connectivity index (χ1) is 9.04. The molecule has 0 amide bonds. The summed E-state index contributed by atoms with van der Waals surface area (Å²) in [4.78, 5) is 0. The van der Waals surface area contributed by atoms with Gasteiger partial charge in [-0.15, -0.1) is 0 Å². The van der Waals surface area contributed by atoms with Crippen LogP contribution in [0.2, 0.25) is 0 Å². The van der Waals surface area contributed by atoms with Crippen LogP contribution in [0.5, 0.6) is 5.75 Å². The zero-order valence-electron chi connectivity index (χ0n) is 13.2. The van der Waals surface area contributed by atoms with E-state index in [2.05, 4.69) is 49.7 Å². The molecule has 1 rings (SSSR count). The van der Waals surface area contributed by atoms with Gasteiger partial charge < -0.3 is 10.1 Å². The van der Waals surface area contributed by atoms with Crippen LogP contribution in [0.4, 0.5) is 0 Å². The number of ether oxygens (including phenoxy) is 1. The largest absolute Gasteiger partial charge is 0.493 e. The molecular weight excluding hydrogens is 238 g/mol. The lowest BCUT2D eigenvalue weighted by molar-refractivity contribution is 0.351. The summed E-state index contributed by atoms with van der Waals surface area (Å²) in [5, 5.41) is 8.05. The van der Waals surface area contributed by atoms with Crippen molar-refractivity contribution in [1.82, 2.24) is 15.1 Å². The van der Waals surface area contributed by atoms with Crippen molar-refractivity contribution in [3.63, 3.8) is 0 Å². The van der Waals surface area contributed by atoms with Crippen molar-refractivity contribution in [2.75, 3.05) is 13.7 Å². The number of hydrogen-bond acceptors (Lipinski definition) is 3. The molecule has 0 fully saturated rings. The smallest absolute Gasteiger partial charge is 0.161 e. The van der Waals surface area contributed by atoms with E-state index in [9.17, 15) is 0 Å². The molecule has 0 saturated heterocycles. The van der Waals surface area contributed by atoms with Gasteiger partial charge in [-0.25, -0.2) is 0 Å². The maximum atomic E-state index is 5.50. The minimum atomic E-state index is 0.305. The molecule has 0 aliphatic rings. The quantitative estimate of drug-likeness (QED) is 0.782. The Labute approximate surface area is 117 Å². The molecule has 2 unspecified atom stereocenters. The van der Waals surface area contributed by atoms with Gasteiger partial charge in [0, 0.05) is 6.04 Å². The first-order valence-corrected chi connectivity index (χ1v) is 7.39. The molecule has 1 N–H and O–H groups in total. The highest BCUT2D eigenvalue weighted by atomic mass is 16.5. The molecule has 1 heterocycles. The Bertz CT molecular complexity index is 373. The minimum absolute atomic E-state index is 0.305. The van der Waals surface area contributed by atoms with Crippen molar-refractivity contribution in [1.29, 1.82) is 0 Å². The van der Waals surface area contributed by atoms with Gasteiger partial charge in [0.05, 0.1) is 25.0 Å². The van der Waals surface area contributed by atoms with Crippen molar-refractivity contribution in [3.8, 4) is 5.75 Å². The molecule has 0 saturated carbocycles. The Kier molecular flexibility index (Phi) is 6.35. The lowest BCUT2D eigenvalue weighted by atomic mass is 9.96. The van der Waals surface area contributed by atoms with E-state index in [1.165, 1.54) is 12.1 Å². The third-order valence-electron chi connectivity index (χ3n) is 3.62. The van der Waals surface area contributed by atoms with Crippen LogP contribution in [0.1, 0.15) is 65.2 Å². The number of aromatic nitrogens is 2. The summed E-state index contributed by atoms with van der Waals surface area (Å²) in [5.41, 5.74) is 1.18. The van der Waals surface area contributed by atoms with Crippen molar-refractivity contribution in [2.24, 2.45) is 5.92 Å². The third-order valence-corrected chi connectivity index (χ3v) is 3.62. The third kappa shape index (κ3) is 3.96. The van der Waals surface area contributed by atoms with E-state index in [1.807, 2.05) is 6.20 Å². The molecule has 0 aromatic carbocycles. The number of rotatable bonds is 8. The SMILES string of the molecule is CCNC(CC(C)CC)c1c(OC)cnn1C(C)C. The van der Waals surface area contributed by atoms with Gasteiger partial charge in [0.25, 0.3) is 0 Å². The molecule has 0 radical (unpaired) electrons. The van der Waals surface area contributed by atoms with Gasteiger partial charge in [-0.3, -0.25) is 4.68 Å². The second kappa shape index (κ2) is 7.53. The van der Waals surface area contributed by atoms with Crippen LogP contribution in [0.15, 0.2) is 6.20 Å². The lowest BCUT2D eigenvalue weighted by Crippen LogP contribution is -2.26. The zero-order chi connectivity index (χ0) is 14.4. The second-order valence-corrected chi connectivity index (χ2v) is 5.50. The highest BCUT2D eigenvalue weighted by Gasteiger charge is 2.23. The number of nitrogens with zero attached hydrogens (tertiary/aromatic N) is 2. The van der Waals surface area contributed by atoms with Gasteiger partial charge in [0.15, 0.2) is 5.75 Å². The monoisotopic (exact) mass is 267 g/mol. The summed E-state index contributed by atoms with van der Waals surface area (Å²) in [6.07, 6.45) is 4.13. The van der Waals surface area contributed by atoms with E-state index in [4.69, 9.17) is 4.74 Å². The molecule has 2 atom stereocenters. The summed E-state index contributed by atoms with van der Waals surface area (Å²) >= 11 is 0. The van der Waals surface area contributed by atoms with Crippen LogP contribution in [0, 0.1) is 5.92 Å². The maximum Gasteiger partial charge on any atom is 0.161 e. The Balaban J connectivity index is 3.08. The van der Waals surface area contributed by atoms with Crippen LogP contribution in [0.25, 0.3) is 0 Å². The fourth-order valence-corrected chi connectivity index (χ4v) is 2.36. The number of methoxy groups -OCH3 is 1. The molecule has 1 aromatic rings. The predicted octanol–water partition coefficient (Wildman–Crippen LogP) is 3.56. The standard InChI is InChI=1S/C15H29N3O/c1-7-12(5)9-13(16-8-2)15-14(19-6)10-17-18(15)11(3)4/h10-13,16H,7-9H2,1-6H3. The Hall–Kier alpha value is -1.03. The summed E-state index contributed by atoms with van der Waals surface area (Å²) in [6.45, 7) is 11.9. The second-order valence-electron chi connectivity index (χ2n) is 5.50. The van der Waals surface area contributed by atoms with Crippen LogP contribution >= 0.6 is 0 Å². The Morgan fingerprint density at radius 1 is 1.32 bits per heavy atom. The van der Waals surface area contributed by atoms with Gasteiger partial charge in [0.1, 0.15) is 0 Å². The van der Waals surface area contributed by atoms with Gasteiger partial charge in [-0.05, 0) is 32.7 Å². The van der Waals surface area contributed by atoms with Crippen molar-refractivity contribution >= 4 is 0 Å². The summed E-state index contributed by atoms with van der Waals surface area (Å²) < 4.78 is 7.57. The summed E-state index contributed by atoms with van der Waals surface area (Å²) in [6, 6.07) is 0.650. The van der Waals surface area contributed by atoms with Crippen LogP contribution in [-0.4, -0.2) is 23.4 Å². The van der Waals surface area contributed by atoms with Crippen molar-refractivity contribution < 1.29 is 4.74 Å². The maximum absolute atomic E-state index is 5.50. The molecule has 110 valence electrons. The van der Waals surface area contributed by atoms with Crippen molar-refractivity contribution in [2.45, 2.75) is 59.5 Å². The molecule has 4 heteroatoms. The average Bonchev–Trinajstić information content (AvgIpc) is 2.81. The molecule has 0 bridgehead atoms. The predicted molar refractivity (Wildman–Crippen MR) is 79.7 cm³/mol. The van der Waals surface area contributed by atoms with E-state index in [-0.39, 0.29) is 0 Å². The van der Waals surface area contributed by atoms with E-state index in [0.29, 0.717) is 18.0 Å². The average molecular weight is 267 g/mol. The first kappa shape index (κ1) is 16.0. The first-order valence-electron chi connectivity index (χ1n) is 7.39. The normalized spacial score (nSPS) is 14.7. The fraction of sp³-hybridized carbons (Fsp3) is 0.800. The molecule has 0 aliphatic carbocycles. The molecule has 1 aromatic heterocycles. The Morgan fingerprint density at radius 2 is 2.00 bits per heavy atom. The van der Waals surface area contributed by atoms with Crippen molar-refractivity contribution in [3.05, 3.63) is 11.9 Å². The number of nitrogens with one attached hydrogen (secondary N) is 1.